The molecule has 8 heteroatoms. The molecule has 0 amide bonds. The van der Waals surface area contributed by atoms with Crippen LogP contribution in [0, 0.1) is 11.8 Å². The number of pyridine rings is 1. The van der Waals surface area contributed by atoms with E-state index < -0.39 is 11.7 Å². The minimum Gasteiger partial charge on any atom is -0.246 e. The molecule has 0 saturated carbocycles. The van der Waals surface area contributed by atoms with Crippen molar-refractivity contribution >= 4 is 11.6 Å². The zero-order valence-electron chi connectivity index (χ0n) is 8.16. The van der Waals surface area contributed by atoms with Crippen LogP contribution in [0.5, 0.6) is 0 Å². The summed E-state index contributed by atoms with van der Waals surface area (Å²) in [6.07, 6.45) is -3.85. The summed E-state index contributed by atoms with van der Waals surface area (Å²) in [7, 11) is 0. The monoisotopic (exact) mass is 260 g/mol. The minimum absolute atomic E-state index is 0.00723. The Hall–Kier alpha value is -1.90. The van der Waals surface area contributed by atoms with Gasteiger partial charge in [0, 0.05) is 11.1 Å². The molecule has 1 rings (SSSR count). The molecular weight excluding hydrogens is 257 g/mol. The predicted octanol–water partition coefficient (Wildman–Crippen LogP) is 3.42. The highest BCUT2D eigenvalue weighted by atomic mass is 35.5. The van der Waals surface area contributed by atoms with Gasteiger partial charge in [-0.05, 0) is 17.5 Å². The number of halogens is 4. The molecule has 0 aliphatic rings. The van der Waals surface area contributed by atoms with E-state index >= 15 is 0 Å². The van der Waals surface area contributed by atoms with Gasteiger partial charge in [-0.2, -0.15) is 13.2 Å². The fourth-order valence-corrected chi connectivity index (χ4v) is 1.09. The summed E-state index contributed by atoms with van der Waals surface area (Å²) in [4.78, 5) is 5.94. The van der Waals surface area contributed by atoms with Gasteiger partial charge in [0.2, 0.25) is 0 Å². The zero-order valence-corrected chi connectivity index (χ0v) is 8.92. The van der Waals surface area contributed by atoms with Gasteiger partial charge in [0.1, 0.15) is 5.69 Å². The number of aromatic nitrogens is 1. The average molecular weight is 261 g/mol. The maximum absolute atomic E-state index is 12.3. The number of alkyl halides is 3. The van der Waals surface area contributed by atoms with E-state index in [4.69, 9.17) is 17.1 Å². The van der Waals surface area contributed by atoms with Gasteiger partial charge < -0.3 is 0 Å². The van der Waals surface area contributed by atoms with Crippen LogP contribution in [0.4, 0.5) is 13.2 Å². The van der Waals surface area contributed by atoms with Gasteiger partial charge in [-0.15, -0.1) is 0 Å². The van der Waals surface area contributed by atoms with Crippen molar-refractivity contribution in [1.29, 1.82) is 0 Å². The Labute approximate surface area is 99.0 Å². The second kappa shape index (κ2) is 5.43. The lowest BCUT2D eigenvalue weighted by atomic mass is 10.2. The van der Waals surface area contributed by atoms with Crippen LogP contribution in [0.2, 0.25) is 5.02 Å². The molecule has 0 N–H and O–H groups in total. The average Bonchev–Trinajstić information content (AvgIpc) is 2.24. The van der Waals surface area contributed by atoms with E-state index in [1.54, 1.807) is 0 Å². The lowest BCUT2D eigenvalue weighted by Crippen LogP contribution is -2.06. The molecule has 88 valence electrons. The number of nitrogens with zero attached hydrogens (tertiary/aromatic N) is 4. The van der Waals surface area contributed by atoms with Gasteiger partial charge >= 0.3 is 6.18 Å². The normalized spacial score (nSPS) is 10.1. The second-order valence-corrected chi connectivity index (χ2v) is 3.15. The van der Waals surface area contributed by atoms with Crippen LogP contribution < -0.4 is 0 Å². The highest BCUT2D eigenvalue weighted by Gasteiger charge is 2.31. The van der Waals surface area contributed by atoms with Crippen LogP contribution >= 0.6 is 11.6 Å². The largest absolute Gasteiger partial charge is 0.417 e. The van der Waals surface area contributed by atoms with Crippen LogP contribution in [-0.4, -0.2) is 11.5 Å². The molecule has 0 bridgehead atoms. The predicted molar refractivity (Wildman–Crippen MR) is 55.1 cm³/mol. The van der Waals surface area contributed by atoms with E-state index in [1.807, 2.05) is 0 Å². The number of hydrogen-bond donors (Lipinski definition) is 0. The third-order valence-corrected chi connectivity index (χ3v) is 1.88. The molecule has 0 saturated heterocycles. The van der Waals surface area contributed by atoms with Crippen molar-refractivity contribution in [3.05, 3.63) is 39.0 Å². The zero-order chi connectivity index (χ0) is 12.9. The van der Waals surface area contributed by atoms with Crippen LogP contribution in [-0.2, 0) is 6.18 Å². The molecule has 17 heavy (non-hydrogen) atoms. The first-order valence-corrected chi connectivity index (χ1v) is 4.55. The number of hydrogen-bond acceptors (Lipinski definition) is 2. The third-order valence-electron chi connectivity index (χ3n) is 1.59. The van der Waals surface area contributed by atoms with Gasteiger partial charge in [0.15, 0.2) is 0 Å². The Bertz CT molecular complexity index is 523. The summed E-state index contributed by atoms with van der Waals surface area (Å²) in [5.41, 5.74) is 7.03. The Morgan fingerprint density at radius 1 is 1.53 bits per heavy atom. The Kier molecular flexibility index (Phi) is 4.21. The SMILES string of the molecule is [N-]=[N+]=NCC#Cc1ncc(C(F)(F)F)cc1Cl. The molecular formula is C9H4ClF3N4. The molecule has 1 aromatic heterocycles. The molecule has 1 aromatic rings. The molecule has 0 aromatic carbocycles. The first-order valence-electron chi connectivity index (χ1n) is 4.17. The first kappa shape index (κ1) is 13.2. The molecule has 1 heterocycles. The first-order chi connectivity index (χ1) is 7.95. The highest BCUT2D eigenvalue weighted by molar-refractivity contribution is 6.31. The summed E-state index contributed by atoms with van der Waals surface area (Å²) >= 11 is 5.58. The quantitative estimate of drug-likeness (QED) is 0.330. The van der Waals surface area contributed by atoms with E-state index in [1.165, 1.54) is 0 Å². The van der Waals surface area contributed by atoms with E-state index in [0.29, 0.717) is 6.20 Å². The van der Waals surface area contributed by atoms with Gasteiger partial charge in [0.05, 0.1) is 17.1 Å². The molecule has 0 fully saturated rings. The van der Waals surface area contributed by atoms with Crippen molar-refractivity contribution in [2.45, 2.75) is 6.18 Å². The number of azide groups is 1. The van der Waals surface area contributed by atoms with Crippen molar-refractivity contribution in [3.63, 3.8) is 0 Å². The minimum atomic E-state index is -4.49. The Morgan fingerprint density at radius 3 is 2.76 bits per heavy atom. The summed E-state index contributed by atoms with van der Waals surface area (Å²) in [6, 6.07) is 0.742. The lowest BCUT2D eigenvalue weighted by Gasteiger charge is -2.06. The van der Waals surface area contributed by atoms with Crippen LogP contribution in [0.25, 0.3) is 10.4 Å². The summed E-state index contributed by atoms with van der Waals surface area (Å²) in [5.74, 6) is 4.80. The maximum atomic E-state index is 12.3. The van der Waals surface area contributed by atoms with E-state index in [0.717, 1.165) is 6.07 Å². The summed E-state index contributed by atoms with van der Waals surface area (Å²) in [6.45, 7) is -0.102. The number of rotatable bonds is 1. The lowest BCUT2D eigenvalue weighted by molar-refractivity contribution is -0.137. The fourth-order valence-electron chi connectivity index (χ4n) is 0.875. The smallest absolute Gasteiger partial charge is 0.246 e. The van der Waals surface area contributed by atoms with Crippen LogP contribution in [0.15, 0.2) is 17.4 Å². The van der Waals surface area contributed by atoms with E-state index in [-0.39, 0.29) is 17.3 Å². The molecule has 0 spiro atoms. The second-order valence-electron chi connectivity index (χ2n) is 2.74. The van der Waals surface area contributed by atoms with Crippen molar-refractivity contribution in [3.8, 4) is 11.8 Å². The third kappa shape index (κ3) is 3.87. The van der Waals surface area contributed by atoms with Crippen molar-refractivity contribution < 1.29 is 13.2 Å². The molecule has 4 nitrogen and oxygen atoms in total. The molecule has 0 unspecified atom stereocenters. The maximum Gasteiger partial charge on any atom is 0.417 e. The topological polar surface area (TPSA) is 61.7 Å². The standard InChI is InChI=1S/C9H4ClF3N4/c10-7-4-6(9(11,12)13)5-15-8(7)2-1-3-16-17-14/h4-5H,3H2. The summed E-state index contributed by atoms with van der Waals surface area (Å²) in [5, 5.41) is 2.93. The Morgan fingerprint density at radius 2 is 2.24 bits per heavy atom. The molecule has 0 atom stereocenters. The van der Waals surface area contributed by atoms with Crippen molar-refractivity contribution in [1.82, 2.24) is 4.98 Å². The van der Waals surface area contributed by atoms with Gasteiger partial charge in [-0.1, -0.05) is 22.6 Å². The molecule has 0 aliphatic carbocycles. The van der Waals surface area contributed by atoms with Gasteiger partial charge in [-0.25, -0.2) is 4.98 Å². The molecule has 0 aliphatic heterocycles. The van der Waals surface area contributed by atoms with Crippen molar-refractivity contribution in [2.24, 2.45) is 5.11 Å². The van der Waals surface area contributed by atoms with Crippen molar-refractivity contribution in [2.75, 3.05) is 6.54 Å². The van der Waals surface area contributed by atoms with Crippen LogP contribution in [0.3, 0.4) is 0 Å². The van der Waals surface area contributed by atoms with E-state index in [9.17, 15) is 13.2 Å². The van der Waals surface area contributed by atoms with E-state index in [2.05, 4.69) is 26.9 Å². The van der Waals surface area contributed by atoms with Crippen LogP contribution in [0.1, 0.15) is 11.3 Å². The van der Waals surface area contributed by atoms with Gasteiger partial charge in [-0.3, -0.25) is 0 Å². The van der Waals surface area contributed by atoms with Gasteiger partial charge in [0.25, 0.3) is 0 Å². The fraction of sp³-hybridized carbons (Fsp3) is 0.222. The Balaban J connectivity index is 2.97. The summed E-state index contributed by atoms with van der Waals surface area (Å²) < 4.78 is 36.8. The highest BCUT2D eigenvalue weighted by Crippen LogP contribution is 2.30. The molecule has 0 radical (unpaired) electrons.